The Balaban J connectivity index is 2.27. The molecule has 0 aliphatic carbocycles. The number of aromatic carboxylic acids is 1. The van der Waals surface area contributed by atoms with Gasteiger partial charge in [-0.2, -0.15) is 0 Å². The molecule has 0 aromatic carbocycles. The molecule has 0 fully saturated rings. The van der Waals surface area contributed by atoms with Crippen molar-refractivity contribution >= 4 is 28.1 Å². The van der Waals surface area contributed by atoms with Crippen LogP contribution in [0.4, 0.5) is 10.8 Å². The van der Waals surface area contributed by atoms with E-state index < -0.39 is 5.97 Å². The van der Waals surface area contributed by atoms with E-state index in [0.29, 0.717) is 5.13 Å². The number of carbonyl (C=O) groups is 1. The van der Waals surface area contributed by atoms with Crippen LogP contribution in [0.3, 0.4) is 0 Å². The molecule has 82 valence electrons. The molecular formula is C10H9N3O2S. The van der Waals surface area contributed by atoms with Gasteiger partial charge in [-0.3, -0.25) is 4.98 Å². The summed E-state index contributed by atoms with van der Waals surface area (Å²) < 4.78 is 0. The first-order chi connectivity index (χ1) is 7.68. The summed E-state index contributed by atoms with van der Waals surface area (Å²) in [4.78, 5) is 20.4. The van der Waals surface area contributed by atoms with Crippen molar-refractivity contribution in [2.75, 3.05) is 11.9 Å². The summed E-state index contributed by atoms with van der Waals surface area (Å²) >= 11 is 1.29. The van der Waals surface area contributed by atoms with Gasteiger partial charge in [-0.15, -0.1) is 11.3 Å². The maximum atomic E-state index is 10.7. The van der Waals surface area contributed by atoms with Crippen molar-refractivity contribution in [1.29, 1.82) is 0 Å². The molecule has 2 rings (SSSR count). The predicted octanol–water partition coefficient (Wildman–Crippen LogP) is 2.00. The Morgan fingerprint density at radius 3 is 2.69 bits per heavy atom. The van der Waals surface area contributed by atoms with E-state index >= 15 is 0 Å². The van der Waals surface area contributed by atoms with Crippen LogP contribution in [0.1, 0.15) is 10.5 Å². The fraction of sp³-hybridized carbons (Fsp3) is 0.100. The number of carboxylic acid groups (broad SMARTS) is 1. The lowest BCUT2D eigenvalue weighted by molar-refractivity contribution is 0.0691. The second-order valence-corrected chi connectivity index (χ2v) is 3.92. The molecule has 0 bridgehead atoms. The zero-order chi connectivity index (χ0) is 11.5. The van der Waals surface area contributed by atoms with Gasteiger partial charge < -0.3 is 10.0 Å². The number of hydrogen-bond acceptors (Lipinski definition) is 5. The third-order valence-electron chi connectivity index (χ3n) is 2.05. The Bertz CT molecular complexity index is 498. The van der Waals surface area contributed by atoms with Crippen molar-refractivity contribution in [3.8, 4) is 0 Å². The van der Waals surface area contributed by atoms with Gasteiger partial charge in [0, 0.05) is 30.5 Å². The first-order valence-electron chi connectivity index (χ1n) is 4.51. The second kappa shape index (κ2) is 4.28. The minimum Gasteiger partial charge on any atom is -0.476 e. The lowest BCUT2D eigenvalue weighted by atomic mass is 10.4. The van der Waals surface area contributed by atoms with Crippen LogP contribution in [0.15, 0.2) is 29.9 Å². The van der Waals surface area contributed by atoms with Gasteiger partial charge in [-0.1, -0.05) is 0 Å². The van der Waals surface area contributed by atoms with Crippen molar-refractivity contribution in [2.24, 2.45) is 0 Å². The number of anilines is 2. The Morgan fingerprint density at radius 1 is 1.44 bits per heavy atom. The van der Waals surface area contributed by atoms with Gasteiger partial charge in [0.2, 0.25) is 0 Å². The topological polar surface area (TPSA) is 66.3 Å². The highest BCUT2D eigenvalue weighted by Crippen LogP contribution is 2.26. The van der Waals surface area contributed by atoms with E-state index in [9.17, 15) is 4.79 Å². The molecule has 1 N–H and O–H groups in total. The average Bonchev–Trinajstić information content (AvgIpc) is 2.78. The van der Waals surface area contributed by atoms with Gasteiger partial charge in [-0.05, 0) is 12.1 Å². The molecular weight excluding hydrogens is 226 g/mol. The molecule has 0 radical (unpaired) electrons. The third-order valence-corrected chi connectivity index (χ3v) is 2.97. The smallest absolute Gasteiger partial charge is 0.355 e. The van der Waals surface area contributed by atoms with Crippen molar-refractivity contribution in [2.45, 2.75) is 0 Å². The highest BCUT2D eigenvalue weighted by atomic mass is 32.1. The Morgan fingerprint density at radius 2 is 2.12 bits per heavy atom. The molecule has 16 heavy (non-hydrogen) atoms. The molecule has 0 aliphatic rings. The molecule has 2 aromatic heterocycles. The summed E-state index contributed by atoms with van der Waals surface area (Å²) in [7, 11) is 1.83. The van der Waals surface area contributed by atoms with Crippen LogP contribution in [0.25, 0.3) is 0 Å². The summed E-state index contributed by atoms with van der Waals surface area (Å²) in [6.07, 6.45) is 3.36. The largest absolute Gasteiger partial charge is 0.476 e. The second-order valence-electron chi connectivity index (χ2n) is 3.08. The minimum absolute atomic E-state index is 0.0703. The van der Waals surface area contributed by atoms with Gasteiger partial charge in [0.1, 0.15) is 0 Å². The number of rotatable bonds is 3. The monoisotopic (exact) mass is 235 g/mol. The molecule has 6 heteroatoms. The fourth-order valence-electron chi connectivity index (χ4n) is 1.19. The van der Waals surface area contributed by atoms with E-state index in [1.54, 1.807) is 12.4 Å². The number of carboxylic acids is 1. The lowest BCUT2D eigenvalue weighted by Crippen LogP contribution is -2.09. The summed E-state index contributed by atoms with van der Waals surface area (Å²) in [5.41, 5.74) is 0.988. The third kappa shape index (κ3) is 2.01. The zero-order valence-corrected chi connectivity index (χ0v) is 9.31. The maximum absolute atomic E-state index is 10.7. The average molecular weight is 235 g/mol. The highest BCUT2D eigenvalue weighted by Gasteiger charge is 2.12. The lowest BCUT2D eigenvalue weighted by Gasteiger charge is -2.14. The fourth-order valence-corrected chi connectivity index (χ4v) is 1.98. The molecule has 2 aromatic rings. The van der Waals surface area contributed by atoms with E-state index in [-0.39, 0.29) is 5.69 Å². The van der Waals surface area contributed by atoms with Gasteiger partial charge in [0.15, 0.2) is 10.8 Å². The van der Waals surface area contributed by atoms with E-state index in [2.05, 4.69) is 9.97 Å². The Labute approximate surface area is 96.0 Å². The van der Waals surface area contributed by atoms with Crippen LogP contribution in [0, 0.1) is 0 Å². The van der Waals surface area contributed by atoms with Crippen LogP contribution in [0.5, 0.6) is 0 Å². The molecule has 0 atom stereocenters. The summed E-state index contributed by atoms with van der Waals surface area (Å²) in [6.45, 7) is 0. The molecule has 0 saturated heterocycles. The van der Waals surface area contributed by atoms with Gasteiger partial charge in [0.05, 0.1) is 0 Å². The maximum Gasteiger partial charge on any atom is 0.355 e. The van der Waals surface area contributed by atoms with Crippen LogP contribution >= 0.6 is 11.3 Å². The van der Waals surface area contributed by atoms with Crippen molar-refractivity contribution < 1.29 is 9.90 Å². The number of aromatic nitrogens is 2. The number of thiazole rings is 1. The Hall–Kier alpha value is -1.95. The molecule has 0 unspecified atom stereocenters. The first kappa shape index (κ1) is 10.6. The Kier molecular flexibility index (Phi) is 2.82. The van der Waals surface area contributed by atoms with Crippen molar-refractivity contribution in [3.05, 3.63) is 35.6 Å². The molecule has 5 nitrogen and oxygen atoms in total. The number of nitrogens with zero attached hydrogens (tertiary/aromatic N) is 3. The van der Waals surface area contributed by atoms with Crippen LogP contribution in [-0.4, -0.2) is 28.1 Å². The summed E-state index contributed by atoms with van der Waals surface area (Å²) in [5, 5.41) is 10.9. The van der Waals surface area contributed by atoms with Crippen LogP contribution < -0.4 is 4.90 Å². The quantitative estimate of drug-likeness (QED) is 0.881. The summed E-state index contributed by atoms with van der Waals surface area (Å²) in [6, 6.07) is 3.67. The van der Waals surface area contributed by atoms with Crippen molar-refractivity contribution in [1.82, 2.24) is 9.97 Å². The predicted molar refractivity (Wildman–Crippen MR) is 61.4 cm³/mol. The van der Waals surface area contributed by atoms with E-state index in [4.69, 9.17) is 5.11 Å². The van der Waals surface area contributed by atoms with E-state index in [1.165, 1.54) is 16.7 Å². The number of hydrogen-bond donors (Lipinski definition) is 1. The molecule has 0 aliphatic heterocycles. The SMILES string of the molecule is CN(c1ccncc1)c1nc(C(=O)O)cs1. The van der Waals surface area contributed by atoms with Crippen LogP contribution in [0.2, 0.25) is 0 Å². The zero-order valence-electron chi connectivity index (χ0n) is 8.49. The van der Waals surface area contributed by atoms with Gasteiger partial charge in [0.25, 0.3) is 0 Å². The van der Waals surface area contributed by atoms with Crippen LogP contribution in [-0.2, 0) is 0 Å². The van der Waals surface area contributed by atoms with E-state index in [1.807, 2.05) is 24.1 Å². The first-order valence-corrected chi connectivity index (χ1v) is 5.39. The van der Waals surface area contributed by atoms with Gasteiger partial charge in [-0.25, -0.2) is 9.78 Å². The molecule has 0 spiro atoms. The van der Waals surface area contributed by atoms with Crippen molar-refractivity contribution in [3.63, 3.8) is 0 Å². The molecule has 2 heterocycles. The normalized spacial score (nSPS) is 10.1. The highest BCUT2D eigenvalue weighted by molar-refractivity contribution is 7.14. The minimum atomic E-state index is -1.01. The molecule has 0 amide bonds. The van der Waals surface area contributed by atoms with E-state index in [0.717, 1.165) is 5.69 Å². The molecule has 0 saturated carbocycles. The summed E-state index contributed by atoms with van der Waals surface area (Å²) in [5.74, 6) is -1.01. The standard InChI is InChI=1S/C10H9N3O2S/c1-13(7-2-4-11-5-3-7)10-12-8(6-16-10)9(14)15/h2-6H,1H3,(H,14,15). The number of pyridine rings is 1. The van der Waals surface area contributed by atoms with Gasteiger partial charge >= 0.3 is 5.97 Å².